The molecule has 150 valence electrons. The second-order valence-corrected chi connectivity index (χ2v) is 7.69. The van der Waals surface area contributed by atoms with Gasteiger partial charge in [0, 0.05) is 42.2 Å². The van der Waals surface area contributed by atoms with Crippen molar-refractivity contribution in [1.29, 1.82) is 0 Å². The Bertz CT molecular complexity index is 824. The first-order chi connectivity index (χ1) is 13.6. The summed E-state index contributed by atoms with van der Waals surface area (Å²) in [5.41, 5.74) is 2.84. The Morgan fingerprint density at radius 1 is 1.18 bits per heavy atom. The van der Waals surface area contributed by atoms with Crippen LogP contribution in [0.15, 0.2) is 24.4 Å². The minimum absolute atomic E-state index is 0.0214. The molecular formula is C20H27N5O3. The number of aromatic nitrogens is 3. The molecule has 8 nitrogen and oxygen atoms in total. The Morgan fingerprint density at radius 2 is 2.07 bits per heavy atom. The van der Waals surface area contributed by atoms with Crippen LogP contribution in [0.2, 0.25) is 0 Å². The number of ether oxygens (including phenoxy) is 2. The summed E-state index contributed by atoms with van der Waals surface area (Å²) in [4.78, 5) is 16.6. The second kappa shape index (κ2) is 8.18. The number of hydrogen-bond donors (Lipinski definition) is 3. The van der Waals surface area contributed by atoms with Crippen LogP contribution in [0.4, 0.5) is 16.3 Å². The third-order valence-corrected chi connectivity index (χ3v) is 5.45. The number of amides is 1. The number of hydrogen-bond acceptors (Lipinski definition) is 6. The van der Waals surface area contributed by atoms with Crippen molar-refractivity contribution in [3.05, 3.63) is 35.8 Å². The molecule has 3 heterocycles. The van der Waals surface area contributed by atoms with Gasteiger partial charge in [-0.3, -0.25) is 10.1 Å². The maximum Gasteiger partial charge on any atom is 0.407 e. The summed E-state index contributed by atoms with van der Waals surface area (Å²) in [6, 6.07) is 5.90. The maximum atomic E-state index is 12.2. The van der Waals surface area contributed by atoms with Crippen molar-refractivity contribution in [2.75, 3.05) is 11.9 Å². The van der Waals surface area contributed by atoms with Crippen LogP contribution in [0, 0.1) is 0 Å². The van der Waals surface area contributed by atoms with E-state index in [2.05, 4.69) is 25.8 Å². The van der Waals surface area contributed by atoms with Gasteiger partial charge in [-0.05, 0) is 51.7 Å². The van der Waals surface area contributed by atoms with Crippen molar-refractivity contribution in [2.24, 2.45) is 0 Å². The average Bonchev–Trinajstić information content (AvgIpc) is 3.30. The van der Waals surface area contributed by atoms with Gasteiger partial charge < -0.3 is 20.1 Å². The lowest BCUT2D eigenvalue weighted by Crippen LogP contribution is -2.35. The van der Waals surface area contributed by atoms with E-state index < -0.39 is 0 Å². The smallest absolute Gasteiger partial charge is 0.407 e. The Hall–Kier alpha value is -2.61. The van der Waals surface area contributed by atoms with Gasteiger partial charge in [-0.25, -0.2) is 4.79 Å². The normalized spacial score (nSPS) is 28.4. The van der Waals surface area contributed by atoms with E-state index in [1.165, 1.54) is 0 Å². The third-order valence-electron chi connectivity index (χ3n) is 5.45. The largest absolute Gasteiger partial charge is 0.446 e. The molecule has 4 atom stereocenters. The molecule has 4 rings (SSSR count). The van der Waals surface area contributed by atoms with Crippen molar-refractivity contribution in [3.8, 4) is 0 Å². The van der Waals surface area contributed by atoms with Crippen molar-refractivity contribution >= 4 is 17.6 Å². The van der Waals surface area contributed by atoms with Crippen LogP contribution in [-0.4, -0.2) is 40.0 Å². The Morgan fingerprint density at radius 3 is 2.96 bits per heavy atom. The molecule has 3 N–H and O–H groups in total. The first-order valence-corrected chi connectivity index (χ1v) is 9.94. The zero-order valence-electron chi connectivity index (χ0n) is 16.3. The number of nitrogens with zero attached hydrogens (tertiary/aromatic N) is 2. The van der Waals surface area contributed by atoms with Crippen molar-refractivity contribution < 1.29 is 14.3 Å². The van der Waals surface area contributed by atoms with Gasteiger partial charge in [-0.1, -0.05) is 0 Å². The molecule has 2 aromatic heterocycles. The Kier molecular flexibility index (Phi) is 5.47. The summed E-state index contributed by atoms with van der Waals surface area (Å²) < 4.78 is 11.5. The predicted molar refractivity (Wildman–Crippen MR) is 105 cm³/mol. The minimum Gasteiger partial charge on any atom is -0.446 e. The molecule has 0 spiro atoms. The number of pyridine rings is 1. The number of anilines is 2. The Balaban J connectivity index is 1.55. The number of rotatable bonds is 0. The first kappa shape index (κ1) is 18.7. The van der Waals surface area contributed by atoms with Crippen molar-refractivity contribution in [1.82, 2.24) is 20.5 Å². The number of nitrogens with one attached hydrogen (secondary N) is 3. The fraction of sp³-hybridized carbons (Fsp3) is 0.550. The molecule has 1 fully saturated rings. The van der Waals surface area contributed by atoms with Crippen LogP contribution in [0.3, 0.4) is 0 Å². The monoisotopic (exact) mass is 385 g/mol. The number of aromatic amines is 1. The van der Waals surface area contributed by atoms with E-state index in [9.17, 15) is 4.79 Å². The standard InChI is InChI=1S/C20H27N5O3/c1-12-6-8-27-13(2)17-10-15(5-7-21-17)23-19-11-18(24-25-19)14-3-4-16(9-14)28-20(26)22-12/h5,7,10-14,16H,3-4,6,8-9H2,1-2H3,(H,22,26)(H2,23,24,25)/t12-,13+,14+,16-/m1/s1. The van der Waals surface area contributed by atoms with E-state index in [0.717, 1.165) is 42.2 Å². The molecule has 6 bridgehead atoms. The lowest BCUT2D eigenvalue weighted by atomic mass is 10.0. The van der Waals surface area contributed by atoms with Crippen LogP contribution in [0.1, 0.15) is 62.9 Å². The SMILES string of the molecule is C[C@@H]1CCO[C@@H](C)c2cc(ccn2)Nc2cc([nH]n2)[C@H]2CC[C@H](C2)OC(=O)N1. The van der Waals surface area contributed by atoms with Gasteiger partial charge in [0.05, 0.1) is 11.8 Å². The zero-order valence-corrected chi connectivity index (χ0v) is 16.3. The van der Waals surface area contributed by atoms with E-state index in [1.54, 1.807) is 6.20 Å². The molecular weight excluding hydrogens is 358 g/mol. The molecule has 0 saturated heterocycles. The summed E-state index contributed by atoms with van der Waals surface area (Å²) >= 11 is 0. The highest BCUT2D eigenvalue weighted by Gasteiger charge is 2.30. The first-order valence-electron chi connectivity index (χ1n) is 9.94. The highest BCUT2D eigenvalue weighted by atomic mass is 16.6. The molecule has 0 radical (unpaired) electrons. The van der Waals surface area contributed by atoms with Gasteiger partial charge >= 0.3 is 6.09 Å². The Labute approximate surface area is 164 Å². The summed E-state index contributed by atoms with van der Waals surface area (Å²) in [6.45, 7) is 4.46. The summed E-state index contributed by atoms with van der Waals surface area (Å²) in [7, 11) is 0. The molecule has 28 heavy (non-hydrogen) atoms. The maximum absolute atomic E-state index is 12.2. The molecule has 0 aromatic carbocycles. The number of H-pyrrole nitrogens is 1. The molecule has 1 aliphatic heterocycles. The third kappa shape index (κ3) is 4.44. The fourth-order valence-electron chi connectivity index (χ4n) is 3.80. The van der Waals surface area contributed by atoms with E-state index in [0.29, 0.717) is 18.9 Å². The van der Waals surface area contributed by atoms with Gasteiger partial charge in [-0.15, -0.1) is 0 Å². The lowest BCUT2D eigenvalue weighted by Gasteiger charge is -2.19. The van der Waals surface area contributed by atoms with Gasteiger partial charge in [0.2, 0.25) is 0 Å². The molecule has 8 heteroatoms. The van der Waals surface area contributed by atoms with Gasteiger partial charge in [-0.2, -0.15) is 5.10 Å². The molecule has 1 saturated carbocycles. The van der Waals surface area contributed by atoms with Gasteiger partial charge in [0.15, 0.2) is 5.82 Å². The van der Waals surface area contributed by atoms with E-state index in [1.807, 2.05) is 32.0 Å². The van der Waals surface area contributed by atoms with Crippen molar-refractivity contribution in [3.63, 3.8) is 0 Å². The predicted octanol–water partition coefficient (Wildman–Crippen LogP) is 3.78. The van der Waals surface area contributed by atoms with Crippen molar-refractivity contribution in [2.45, 2.75) is 63.7 Å². The lowest BCUT2D eigenvalue weighted by molar-refractivity contribution is 0.0552. The minimum atomic E-state index is -0.353. The summed E-state index contributed by atoms with van der Waals surface area (Å²) in [6.07, 6.45) is 4.56. The van der Waals surface area contributed by atoms with Gasteiger partial charge in [0.1, 0.15) is 6.10 Å². The van der Waals surface area contributed by atoms with Crippen LogP contribution in [0.25, 0.3) is 0 Å². The van der Waals surface area contributed by atoms with Crippen LogP contribution in [-0.2, 0) is 9.47 Å². The highest BCUT2D eigenvalue weighted by molar-refractivity contribution is 5.67. The summed E-state index contributed by atoms with van der Waals surface area (Å²) in [5, 5.41) is 13.7. The number of fused-ring (bicyclic) bond motifs is 7. The zero-order chi connectivity index (χ0) is 19.5. The van der Waals surface area contributed by atoms with Crippen LogP contribution < -0.4 is 10.6 Å². The number of alkyl carbamates (subject to hydrolysis) is 1. The van der Waals surface area contributed by atoms with Gasteiger partial charge in [0.25, 0.3) is 0 Å². The van der Waals surface area contributed by atoms with E-state index in [-0.39, 0.29) is 24.3 Å². The fourth-order valence-corrected chi connectivity index (χ4v) is 3.80. The molecule has 1 aliphatic carbocycles. The van der Waals surface area contributed by atoms with E-state index in [4.69, 9.17) is 9.47 Å². The highest BCUT2D eigenvalue weighted by Crippen LogP contribution is 2.36. The molecule has 0 unspecified atom stereocenters. The van der Waals surface area contributed by atoms with E-state index >= 15 is 0 Å². The number of carbonyl (C=O) groups is 1. The molecule has 1 amide bonds. The second-order valence-electron chi connectivity index (χ2n) is 7.69. The van der Waals surface area contributed by atoms with Crippen LogP contribution >= 0.6 is 0 Å². The summed E-state index contributed by atoms with van der Waals surface area (Å²) in [5.74, 6) is 1.08. The average molecular weight is 385 g/mol. The number of carbonyl (C=O) groups excluding carboxylic acids is 1. The van der Waals surface area contributed by atoms with Crippen LogP contribution in [0.5, 0.6) is 0 Å². The topological polar surface area (TPSA) is 101 Å². The molecule has 2 aliphatic rings. The molecule has 2 aromatic rings. The quantitative estimate of drug-likeness (QED) is 0.638.